The van der Waals surface area contributed by atoms with Crippen molar-refractivity contribution < 1.29 is 0 Å². The molecule has 0 amide bonds. The molecule has 0 spiro atoms. The molecular weight excluding hydrogens is 258 g/mol. The zero-order valence-corrected chi connectivity index (χ0v) is 12.7. The van der Waals surface area contributed by atoms with Gasteiger partial charge in [0, 0.05) is 23.5 Å². The number of fused-ring (bicyclic) bond motifs is 1. The number of pyridine rings is 1. The zero-order valence-electron chi connectivity index (χ0n) is 12.7. The lowest BCUT2D eigenvalue weighted by Gasteiger charge is -2.56. The first-order valence-electron chi connectivity index (χ1n) is 8.37. The largest absolute Gasteiger partial charge is 0.398 e. The van der Waals surface area contributed by atoms with Crippen LogP contribution in [0.2, 0.25) is 0 Å². The number of imidazole rings is 1. The van der Waals surface area contributed by atoms with Gasteiger partial charge in [-0.05, 0) is 74.8 Å². The molecule has 2 heterocycles. The second kappa shape index (κ2) is 3.82. The maximum absolute atomic E-state index is 5.99. The third-order valence-corrected chi connectivity index (χ3v) is 6.34. The standard InChI is InChI=1S/C18H23N3/c1-11-2-15(19)9-21-10-16(20-17(11)21)18-6-12-3-13(7-18)5-14(4-12)8-18/h2,9-10,12-14H,3-8,19H2,1H3. The van der Waals surface area contributed by atoms with Gasteiger partial charge in [-0.2, -0.15) is 0 Å². The molecule has 0 atom stereocenters. The molecule has 3 heteroatoms. The van der Waals surface area contributed by atoms with E-state index in [2.05, 4.69) is 17.5 Å². The first-order valence-corrected chi connectivity index (χ1v) is 8.37. The number of aromatic nitrogens is 2. The fourth-order valence-electron chi connectivity index (χ4n) is 5.98. The first-order chi connectivity index (χ1) is 10.1. The molecule has 110 valence electrons. The predicted octanol–water partition coefficient (Wildman–Crippen LogP) is 3.69. The van der Waals surface area contributed by atoms with Crippen LogP contribution in [-0.2, 0) is 5.41 Å². The summed E-state index contributed by atoms with van der Waals surface area (Å²) in [7, 11) is 0. The van der Waals surface area contributed by atoms with Gasteiger partial charge in [0.05, 0.1) is 5.69 Å². The fraction of sp³-hybridized carbons (Fsp3) is 0.611. The summed E-state index contributed by atoms with van der Waals surface area (Å²) < 4.78 is 2.15. The number of anilines is 1. The number of aryl methyl sites for hydroxylation is 1. The van der Waals surface area contributed by atoms with Crippen LogP contribution in [0.25, 0.3) is 5.65 Å². The number of nitrogens with two attached hydrogens (primary N) is 1. The molecule has 4 saturated carbocycles. The van der Waals surface area contributed by atoms with Crippen molar-refractivity contribution in [3.05, 3.63) is 29.7 Å². The molecular formula is C18H23N3. The summed E-state index contributed by atoms with van der Waals surface area (Å²) in [5, 5.41) is 0. The molecule has 0 aliphatic heterocycles. The monoisotopic (exact) mass is 281 g/mol. The summed E-state index contributed by atoms with van der Waals surface area (Å²) in [5.74, 6) is 2.90. The summed E-state index contributed by atoms with van der Waals surface area (Å²) in [5.41, 5.74) is 10.8. The van der Waals surface area contributed by atoms with E-state index in [-0.39, 0.29) is 0 Å². The molecule has 2 aromatic rings. The molecule has 4 aliphatic carbocycles. The van der Waals surface area contributed by atoms with Crippen LogP contribution >= 0.6 is 0 Å². The Morgan fingerprint density at radius 2 is 1.71 bits per heavy atom. The van der Waals surface area contributed by atoms with Gasteiger partial charge in [0.25, 0.3) is 0 Å². The Morgan fingerprint density at radius 1 is 1.10 bits per heavy atom. The van der Waals surface area contributed by atoms with Gasteiger partial charge in [-0.25, -0.2) is 4.98 Å². The fourth-order valence-corrected chi connectivity index (χ4v) is 5.98. The van der Waals surface area contributed by atoms with Crippen molar-refractivity contribution in [1.82, 2.24) is 9.38 Å². The Balaban J connectivity index is 1.65. The normalized spacial score (nSPS) is 37.5. The van der Waals surface area contributed by atoms with Crippen molar-refractivity contribution in [2.24, 2.45) is 17.8 Å². The Hall–Kier alpha value is -1.51. The van der Waals surface area contributed by atoms with Crippen LogP contribution in [0.1, 0.15) is 49.8 Å². The highest BCUT2D eigenvalue weighted by molar-refractivity contribution is 5.55. The van der Waals surface area contributed by atoms with Crippen molar-refractivity contribution in [3.8, 4) is 0 Å². The van der Waals surface area contributed by atoms with E-state index < -0.39 is 0 Å². The minimum Gasteiger partial charge on any atom is -0.398 e. The number of rotatable bonds is 1. The van der Waals surface area contributed by atoms with E-state index in [0.717, 1.165) is 29.1 Å². The highest BCUT2D eigenvalue weighted by Crippen LogP contribution is 2.60. The predicted molar refractivity (Wildman–Crippen MR) is 84.2 cm³/mol. The smallest absolute Gasteiger partial charge is 0.140 e. The Morgan fingerprint density at radius 3 is 2.33 bits per heavy atom. The van der Waals surface area contributed by atoms with Gasteiger partial charge < -0.3 is 10.1 Å². The zero-order chi connectivity index (χ0) is 14.2. The molecule has 4 fully saturated rings. The third-order valence-electron chi connectivity index (χ3n) is 6.34. The molecule has 2 aromatic heterocycles. The minimum absolute atomic E-state index is 0.377. The van der Waals surface area contributed by atoms with Crippen LogP contribution < -0.4 is 5.73 Å². The van der Waals surface area contributed by atoms with Gasteiger partial charge >= 0.3 is 0 Å². The molecule has 21 heavy (non-hydrogen) atoms. The van der Waals surface area contributed by atoms with Crippen LogP contribution in [0.4, 0.5) is 5.69 Å². The van der Waals surface area contributed by atoms with Crippen molar-refractivity contribution in [3.63, 3.8) is 0 Å². The van der Waals surface area contributed by atoms with Crippen LogP contribution in [0, 0.1) is 24.7 Å². The lowest BCUT2D eigenvalue weighted by molar-refractivity contribution is -0.00697. The number of nitrogen functional groups attached to an aromatic ring is 1. The van der Waals surface area contributed by atoms with Gasteiger partial charge in [0.2, 0.25) is 0 Å². The Bertz CT molecular complexity index is 692. The quantitative estimate of drug-likeness (QED) is 0.866. The van der Waals surface area contributed by atoms with Crippen molar-refractivity contribution in [1.29, 1.82) is 0 Å². The second-order valence-electron chi connectivity index (χ2n) is 8.01. The number of hydrogen-bond donors (Lipinski definition) is 1. The summed E-state index contributed by atoms with van der Waals surface area (Å²) in [6.45, 7) is 2.11. The van der Waals surface area contributed by atoms with Crippen LogP contribution in [0.15, 0.2) is 18.5 Å². The lowest BCUT2D eigenvalue weighted by atomic mass is 9.49. The maximum Gasteiger partial charge on any atom is 0.140 e. The second-order valence-corrected chi connectivity index (χ2v) is 8.01. The topological polar surface area (TPSA) is 43.3 Å². The molecule has 4 bridgehead atoms. The molecule has 3 nitrogen and oxygen atoms in total. The van der Waals surface area contributed by atoms with Crippen molar-refractivity contribution in [2.45, 2.75) is 50.9 Å². The lowest BCUT2D eigenvalue weighted by Crippen LogP contribution is -2.48. The molecule has 6 rings (SSSR count). The van der Waals surface area contributed by atoms with E-state index in [4.69, 9.17) is 10.7 Å². The molecule has 0 aromatic carbocycles. The van der Waals surface area contributed by atoms with E-state index in [9.17, 15) is 0 Å². The Labute approximate surface area is 125 Å². The van der Waals surface area contributed by atoms with Gasteiger partial charge in [-0.3, -0.25) is 0 Å². The van der Waals surface area contributed by atoms with Crippen LogP contribution in [0.3, 0.4) is 0 Å². The van der Waals surface area contributed by atoms with Crippen molar-refractivity contribution >= 4 is 11.3 Å². The van der Waals surface area contributed by atoms with Gasteiger partial charge in [-0.1, -0.05) is 0 Å². The third kappa shape index (κ3) is 1.63. The average Bonchev–Trinajstić information content (AvgIpc) is 2.82. The molecule has 4 aliphatic rings. The van der Waals surface area contributed by atoms with E-state index in [0.29, 0.717) is 5.41 Å². The molecule has 0 radical (unpaired) electrons. The van der Waals surface area contributed by atoms with E-state index >= 15 is 0 Å². The number of nitrogens with zero attached hydrogens (tertiary/aromatic N) is 2. The highest BCUT2D eigenvalue weighted by atomic mass is 15.0. The van der Waals surface area contributed by atoms with Crippen LogP contribution in [-0.4, -0.2) is 9.38 Å². The van der Waals surface area contributed by atoms with Gasteiger partial charge in [-0.15, -0.1) is 0 Å². The summed E-state index contributed by atoms with van der Waals surface area (Å²) in [6, 6.07) is 2.03. The van der Waals surface area contributed by atoms with E-state index in [1.165, 1.54) is 49.8 Å². The van der Waals surface area contributed by atoms with Crippen molar-refractivity contribution in [2.75, 3.05) is 5.73 Å². The number of hydrogen-bond acceptors (Lipinski definition) is 2. The molecule has 0 saturated heterocycles. The summed E-state index contributed by atoms with van der Waals surface area (Å²) in [6.07, 6.45) is 12.9. The SMILES string of the molecule is Cc1cc(N)cn2cc(C34CC5CC(CC(C5)C3)C4)nc12. The first kappa shape index (κ1) is 12.1. The highest BCUT2D eigenvalue weighted by Gasteiger charge is 2.52. The summed E-state index contributed by atoms with van der Waals surface area (Å²) in [4.78, 5) is 5.05. The average molecular weight is 281 g/mol. The van der Waals surface area contributed by atoms with E-state index in [1.54, 1.807) is 0 Å². The van der Waals surface area contributed by atoms with E-state index in [1.807, 2.05) is 12.3 Å². The minimum atomic E-state index is 0.377. The van der Waals surface area contributed by atoms with Gasteiger partial charge in [0.1, 0.15) is 5.65 Å². The Kier molecular flexibility index (Phi) is 2.20. The maximum atomic E-state index is 5.99. The summed E-state index contributed by atoms with van der Waals surface area (Å²) >= 11 is 0. The molecule has 2 N–H and O–H groups in total. The van der Waals surface area contributed by atoms with Crippen LogP contribution in [0.5, 0.6) is 0 Å². The van der Waals surface area contributed by atoms with Gasteiger partial charge in [0.15, 0.2) is 0 Å². The molecule has 0 unspecified atom stereocenters.